The van der Waals surface area contributed by atoms with Gasteiger partial charge in [-0.15, -0.1) is 0 Å². The maximum Gasteiger partial charge on any atom is 0.319 e. The van der Waals surface area contributed by atoms with Crippen molar-refractivity contribution >= 4 is 22.9 Å². The first-order valence-electron chi connectivity index (χ1n) is 13.5. The summed E-state index contributed by atoms with van der Waals surface area (Å²) in [6.07, 6.45) is 7.54. The van der Waals surface area contributed by atoms with Crippen molar-refractivity contribution in [2.45, 2.75) is 32.6 Å². The van der Waals surface area contributed by atoms with Gasteiger partial charge in [-0.05, 0) is 44.6 Å². The Hall–Kier alpha value is -3.38. The van der Waals surface area contributed by atoms with Gasteiger partial charge in [0.2, 0.25) is 0 Å². The Morgan fingerprint density at radius 1 is 1.18 bits per heavy atom. The number of carbonyl (C=O) groups is 1. The summed E-state index contributed by atoms with van der Waals surface area (Å²) in [5.41, 5.74) is 1.03. The zero-order valence-electron chi connectivity index (χ0n) is 22.6. The number of nitrogens with zero attached hydrogens (tertiary/aromatic N) is 5. The molecule has 0 bridgehead atoms. The van der Waals surface area contributed by atoms with E-state index in [-0.39, 0.29) is 23.6 Å². The lowest BCUT2D eigenvalue weighted by Gasteiger charge is -2.25. The van der Waals surface area contributed by atoms with Crippen LogP contribution >= 0.6 is 0 Å². The maximum atomic E-state index is 14.5. The van der Waals surface area contributed by atoms with E-state index in [4.69, 9.17) is 9.47 Å². The van der Waals surface area contributed by atoms with Crippen molar-refractivity contribution in [3.05, 3.63) is 36.3 Å². The number of rotatable bonds is 14. The molecule has 1 unspecified atom stereocenters. The molecule has 0 aromatic carbocycles. The summed E-state index contributed by atoms with van der Waals surface area (Å²) in [7, 11) is 1.83. The minimum absolute atomic E-state index is 0.0149. The number of aromatic amines is 1. The largest absolute Gasteiger partial charge is 0.379 e. The molecule has 4 heterocycles. The van der Waals surface area contributed by atoms with E-state index in [0.29, 0.717) is 69.2 Å². The molecular formula is C27H37F2N7O3. The topological polar surface area (TPSA) is 108 Å². The molecule has 1 fully saturated rings. The molecule has 12 heteroatoms. The number of pyridine rings is 1. The molecule has 4 rings (SSSR count). The molecule has 3 aromatic heterocycles. The van der Waals surface area contributed by atoms with Crippen LogP contribution in [0.2, 0.25) is 0 Å². The third-order valence-corrected chi connectivity index (χ3v) is 6.78. The number of ether oxygens (including phenoxy) is 2. The van der Waals surface area contributed by atoms with Crippen molar-refractivity contribution in [1.29, 1.82) is 0 Å². The summed E-state index contributed by atoms with van der Waals surface area (Å²) in [4.78, 5) is 31.9. The SMILES string of the molecule is CCOCCOCCCCCN(C)C(=O)N1CCC(CNc2nc(-c3c[nH]c4ncc(F)cc34)ncc2F)C1. The van der Waals surface area contributed by atoms with Crippen LogP contribution in [0.3, 0.4) is 0 Å². The van der Waals surface area contributed by atoms with Crippen molar-refractivity contribution < 1.29 is 23.0 Å². The second-order valence-electron chi connectivity index (χ2n) is 9.70. The van der Waals surface area contributed by atoms with Crippen LogP contribution in [0.5, 0.6) is 0 Å². The number of amides is 2. The van der Waals surface area contributed by atoms with Gasteiger partial charge in [-0.1, -0.05) is 0 Å². The van der Waals surface area contributed by atoms with Crippen LogP contribution in [0.1, 0.15) is 32.6 Å². The highest BCUT2D eigenvalue weighted by atomic mass is 19.1. The number of halogens is 2. The molecule has 10 nitrogen and oxygen atoms in total. The van der Waals surface area contributed by atoms with E-state index in [9.17, 15) is 13.6 Å². The number of carbonyl (C=O) groups excluding carboxylic acids is 1. The third kappa shape index (κ3) is 7.82. The quantitative estimate of drug-likeness (QED) is 0.291. The molecule has 39 heavy (non-hydrogen) atoms. The molecule has 212 valence electrons. The van der Waals surface area contributed by atoms with Gasteiger partial charge in [0.25, 0.3) is 0 Å². The lowest BCUT2D eigenvalue weighted by Crippen LogP contribution is -2.40. The van der Waals surface area contributed by atoms with Crippen molar-refractivity contribution in [3.8, 4) is 11.4 Å². The van der Waals surface area contributed by atoms with Crippen molar-refractivity contribution in [1.82, 2.24) is 29.7 Å². The average molecular weight is 546 g/mol. The Kier molecular flexibility index (Phi) is 10.4. The van der Waals surface area contributed by atoms with Crippen molar-refractivity contribution in [2.75, 3.05) is 65.0 Å². The number of fused-ring (bicyclic) bond motifs is 1. The number of likely N-dealkylation sites (tertiary alicyclic amines) is 1. The predicted octanol–water partition coefficient (Wildman–Crippen LogP) is 4.31. The second-order valence-corrected chi connectivity index (χ2v) is 9.70. The summed E-state index contributed by atoms with van der Waals surface area (Å²) >= 11 is 0. The Morgan fingerprint density at radius 3 is 2.87 bits per heavy atom. The number of nitrogens with one attached hydrogen (secondary N) is 2. The number of unbranched alkanes of at least 4 members (excludes halogenated alkanes) is 2. The molecule has 2 amide bonds. The predicted molar refractivity (Wildman–Crippen MR) is 144 cm³/mol. The van der Waals surface area contributed by atoms with Crippen LogP contribution in [0.15, 0.2) is 24.7 Å². The van der Waals surface area contributed by atoms with E-state index in [1.165, 1.54) is 6.07 Å². The van der Waals surface area contributed by atoms with E-state index < -0.39 is 11.6 Å². The van der Waals surface area contributed by atoms with Crippen LogP contribution in [0.25, 0.3) is 22.4 Å². The molecule has 1 aliphatic rings. The van der Waals surface area contributed by atoms with Gasteiger partial charge in [-0.3, -0.25) is 0 Å². The van der Waals surface area contributed by atoms with Crippen LogP contribution in [-0.2, 0) is 9.47 Å². The highest BCUT2D eigenvalue weighted by molar-refractivity contribution is 5.91. The van der Waals surface area contributed by atoms with E-state index in [2.05, 4.69) is 25.3 Å². The van der Waals surface area contributed by atoms with Crippen LogP contribution in [0.4, 0.5) is 19.4 Å². The molecule has 2 N–H and O–H groups in total. The summed E-state index contributed by atoms with van der Waals surface area (Å²) in [5.74, 6) is -0.552. The number of hydrogen-bond acceptors (Lipinski definition) is 7. The number of hydrogen-bond donors (Lipinski definition) is 2. The summed E-state index contributed by atoms with van der Waals surface area (Å²) in [5, 5.41) is 3.60. The van der Waals surface area contributed by atoms with Gasteiger partial charge in [0.1, 0.15) is 11.5 Å². The molecule has 0 spiro atoms. The Balaban J connectivity index is 1.21. The lowest BCUT2D eigenvalue weighted by molar-refractivity contribution is 0.0511. The fraction of sp³-hybridized carbons (Fsp3) is 0.556. The normalized spacial score (nSPS) is 15.3. The fourth-order valence-corrected chi connectivity index (χ4v) is 4.63. The van der Waals surface area contributed by atoms with E-state index in [0.717, 1.165) is 38.1 Å². The van der Waals surface area contributed by atoms with Gasteiger partial charge in [-0.2, -0.15) is 0 Å². The van der Waals surface area contributed by atoms with E-state index in [1.54, 1.807) is 11.1 Å². The Labute approximate surface area is 227 Å². The molecule has 0 saturated carbocycles. The molecule has 0 aliphatic carbocycles. The molecule has 1 saturated heterocycles. The highest BCUT2D eigenvalue weighted by Gasteiger charge is 2.28. The molecule has 1 atom stereocenters. The van der Waals surface area contributed by atoms with Gasteiger partial charge in [-0.25, -0.2) is 28.5 Å². The summed E-state index contributed by atoms with van der Waals surface area (Å²) < 4.78 is 39.0. The first-order valence-corrected chi connectivity index (χ1v) is 13.5. The third-order valence-electron chi connectivity index (χ3n) is 6.78. The zero-order valence-corrected chi connectivity index (χ0v) is 22.6. The average Bonchev–Trinajstić information content (AvgIpc) is 3.58. The van der Waals surface area contributed by atoms with Gasteiger partial charge >= 0.3 is 6.03 Å². The minimum atomic E-state index is -0.576. The molecule has 1 aliphatic heterocycles. The molecule has 3 aromatic rings. The number of H-pyrrole nitrogens is 1. The Bertz CT molecular complexity index is 1230. The highest BCUT2D eigenvalue weighted by Crippen LogP contribution is 2.27. The summed E-state index contributed by atoms with van der Waals surface area (Å²) in [6.45, 7) is 7.03. The fourth-order valence-electron chi connectivity index (χ4n) is 4.63. The smallest absolute Gasteiger partial charge is 0.319 e. The van der Waals surface area contributed by atoms with E-state index in [1.807, 2.05) is 18.9 Å². The van der Waals surface area contributed by atoms with Gasteiger partial charge in [0, 0.05) is 63.6 Å². The van der Waals surface area contributed by atoms with E-state index >= 15 is 0 Å². The molecular weight excluding hydrogens is 508 g/mol. The van der Waals surface area contributed by atoms with Crippen LogP contribution in [-0.4, -0.2) is 95.4 Å². The van der Waals surface area contributed by atoms with Crippen LogP contribution in [0, 0.1) is 17.6 Å². The first-order chi connectivity index (χ1) is 19.0. The first kappa shape index (κ1) is 28.6. The monoisotopic (exact) mass is 545 g/mol. The minimum Gasteiger partial charge on any atom is -0.379 e. The maximum absolute atomic E-state index is 14.5. The number of urea groups is 1. The second kappa shape index (κ2) is 14.1. The zero-order chi connectivity index (χ0) is 27.6. The number of anilines is 1. The van der Waals surface area contributed by atoms with Gasteiger partial charge in [0.15, 0.2) is 17.5 Å². The van der Waals surface area contributed by atoms with Gasteiger partial charge < -0.3 is 29.6 Å². The number of aromatic nitrogens is 4. The molecule has 0 radical (unpaired) electrons. The lowest BCUT2D eigenvalue weighted by atomic mass is 10.1. The van der Waals surface area contributed by atoms with Crippen LogP contribution < -0.4 is 5.32 Å². The van der Waals surface area contributed by atoms with Crippen molar-refractivity contribution in [2.24, 2.45) is 5.92 Å². The van der Waals surface area contributed by atoms with Gasteiger partial charge in [0.05, 0.1) is 25.6 Å². The Morgan fingerprint density at radius 2 is 2.03 bits per heavy atom. The van der Waals surface area contributed by atoms with Crippen molar-refractivity contribution in [3.63, 3.8) is 0 Å². The summed E-state index contributed by atoms with van der Waals surface area (Å²) in [6, 6.07) is 1.36. The standard InChI is InChI=1S/C27H37F2N7O3/c1-3-38-11-12-39-10-6-4-5-8-35(2)27(37)36-9-7-19(18-36)14-30-26-23(29)17-33-25(34-26)22-16-32-24-21(22)13-20(28)15-31-24/h13,15-17,19H,3-12,14,18H2,1-2H3,(H,31,32)(H,30,33,34).